The maximum Gasteiger partial charge on any atom is 0.269 e. The van der Waals surface area contributed by atoms with Gasteiger partial charge in [0, 0.05) is 28.7 Å². The van der Waals surface area contributed by atoms with E-state index in [1.807, 2.05) is 13.8 Å². The van der Waals surface area contributed by atoms with Crippen LogP contribution in [0.15, 0.2) is 29.3 Å². The van der Waals surface area contributed by atoms with E-state index in [4.69, 9.17) is 4.74 Å². The summed E-state index contributed by atoms with van der Waals surface area (Å²) >= 11 is 0. The topological polar surface area (TPSA) is 64.7 Å². The van der Waals surface area contributed by atoms with Gasteiger partial charge in [-0.3, -0.25) is 10.1 Å². The van der Waals surface area contributed by atoms with Crippen LogP contribution in [-0.4, -0.2) is 22.5 Å². The molecule has 0 aliphatic rings. The highest BCUT2D eigenvalue weighted by atomic mass is 33.1. The van der Waals surface area contributed by atoms with Gasteiger partial charge >= 0.3 is 0 Å². The minimum atomic E-state index is -0.432. The van der Waals surface area contributed by atoms with E-state index < -0.39 is 4.92 Å². The quantitative estimate of drug-likeness (QED) is 0.269. The van der Waals surface area contributed by atoms with Gasteiger partial charge in [0.2, 0.25) is 0 Å². The molecule has 0 saturated carbocycles. The van der Waals surface area contributed by atoms with Crippen molar-refractivity contribution >= 4 is 38.2 Å². The van der Waals surface area contributed by atoms with Crippen molar-refractivity contribution < 1.29 is 9.66 Å². The summed E-state index contributed by atoms with van der Waals surface area (Å²) in [5.41, 5.74) is 0.704. The van der Waals surface area contributed by atoms with Gasteiger partial charge in [0.15, 0.2) is 0 Å². The van der Waals surface area contributed by atoms with Gasteiger partial charge in [-0.1, -0.05) is 17.7 Å². The van der Waals surface area contributed by atoms with E-state index in [1.165, 1.54) is 22.9 Å². The fourth-order valence-corrected chi connectivity index (χ4v) is 2.50. The van der Waals surface area contributed by atoms with Crippen molar-refractivity contribution in [3.8, 4) is 0 Å². The van der Waals surface area contributed by atoms with Crippen LogP contribution in [0.4, 0.5) is 11.4 Å². The smallest absolute Gasteiger partial charge is 0.269 e. The molecule has 0 aromatic heterocycles. The first-order chi connectivity index (χ1) is 8.67. The molecule has 98 valence electrons. The van der Waals surface area contributed by atoms with Gasteiger partial charge in [-0.15, -0.1) is 0 Å². The molecule has 0 amide bonds. The lowest BCUT2D eigenvalue weighted by Gasteiger charge is -2.05. The molecule has 0 radical (unpaired) electrons. The Bertz CT molecular complexity index is 421. The second-order valence-electron chi connectivity index (χ2n) is 3.07. The van der Waals surface area contributed by atoms with Crippen molar-refractivity contribution in [1.82, 2.24) is 0 Å². The molecule has 0 unspecified atom stereocenters. The van der Waals surface area contributed by atoms with Gasteiger partial charge in [0.05, 0.1) is 17.2 Å². The molecule has 0 fully saturated rings. The van der Waals surface area contributed by atoms with E-state index in [2.05, 4.69) is 4.99 Å². The van der Waals surface area contributed by atoms with Crippen LogP contribution in [-0.2, 0) is 4.74 Å². The minimum absolute atomic E-state index is 0.0579. The highest BCUT2D eigenvalue weighted by Crippen LogP contribution is 2.26. The maximum absolute atomic E-state index is 10.5. The Labute approximate surface area is 114 Å². The Kier molecular flexibility index (Phi) is 6.59. The van der Waals surface area contributed by atoms with Gasteiger partial charge in [-0.2, -0.15) is 0 Å². The highest BCUT2D eigenvalue weighted by molar-refractivity contribution is 8.82. The monoisotopic (exact) mass is 286 g/mol. The number of nitro benzene ring substituents is 1. The fourth-order valence-electron chi connectivity index (χ4n) is 1.06. The zero-order valence-corrected chi connectivity index (χ0v) is 11.8. The normalized spacial score (nSPS) is 11.3. The Balaban J connectivity index is 2.79. The molecule has 0 heterocycles. The van der Waals surface area contributed by atoms with Crippen LogP contribution in [0, 0.1) is 10.1 Å². The molecule has 0 spiro atoms. The molecule has 0 aliphatic heterocycles. The number of aliphatic imine (C=N–C) groups is 1. The number of rotatable bonds is 5. The SMILES string of the molecule is CCOC(=Nc1ccc([N+](=O)[O-])cc1)SSCC. The summed E-state index contributed by atoms with van der Waals surface area (Å²) in [5, 5.41) is 11.1. The first-order valence-corrected chi connectivity index (χ1v) is 7.74. The van der Waals surface area contributed by atoms with Crippen LogP contribution in [0.2, 0.25) is 0 Å². The summed E-state index contributed by atoms with van der Waals surface area (Å²) in [4.78, 5) is 14.4. The second-order valence-corrected chi connectivity index (χ2v) is 5.61. The van der Waals surface area contributed by atoms with Gasteiger partial charge in [-0.05, 0) is 19.1 Å². The summed E-state index contributed by atoms with van der Waals surface area (Å²) in [6.07, 6.45) is 0. The van der Waals surface area contributed by atoms with E-state index in [1.54, 1.807) is 22.9 Å². The predicted molar refractivity (Wildman–Crippen MR) is 77.5 cm³/mol. The van der Waals surface area contributed by atoms with Gasteiger partial charge in [0.1, 0.15) is 0 Å². The maximum atomic E-state index is 10.5. The zero-order chi connectivity index (χ0) is 13.4. The Hall–Kier alpha value is -1.21. The van der Waals surface area contributed by atoms with Crippen molar-refractivity contribution in [2.45, 2.75) is 13.8 Å². The van der Waals surface area contributed by atoms with E-state index in [0.29, 0.717) is 17.5 Å². The number of hydrogen-bond acceptors (Lipinski definition) is 6. The van der Waals surface area contributed by atoms with Crippen LogP contribution >= 0.6 is 21.6 Å². The number of non-ortho nitro benzene ring substituents is 1. The fraction of sp³-hybridized carbons (Fsp3) is 0.364. The number of nitro groups is 1. The first-order valence-electron chi connectivity index (χ1n) is 5.42. The zero-order valence-electron chi connectivity index (χ0n) is 10.2. The lowest BCUT2D eigenvalue weighted by Crippen LogP contribution is -1.97. The summed E-state index contributed by atoms with van der Waals surface area (Å²) in [6, 6.07) is 6.07. The molecule has 18 heavy (non-hydrogen) atoms. The standard InChI is InChI=1S/C11H14N2O3S2/c1-3-16-11(18-17-4-2)12-9-5-7-10(8-6-9)13(14)15/h5-8H,3-4H2,1-2H3. The Morgan fingerprint density at radius 3 is 2.56 bits per heavy atom. The van der Waals surface area contributed by atoms with Crippen molar-refractivity contribution in [1.29, 1.82) is 0 Å². The van der Waals surface area contributed by atoms with Crippen LogP contribution in [0.25, 0.3) is 0 Å². The minimum Gasteiger partial charge on any atom is -0.473 e. The van der Waals surface area contributed by atoms with Gasteiger partial charge < -0.3 is 4.74 Å². The third-order valence-corrected chi connectivity index (χ3v) is 3.99. The highest BCUT2D eigenvalue weighted by Gasteiger charge is 2.05. The van der Waals surface area contributed by atoms with Gasteiger partial charge in [-0.25, -0.2) is 4.99 Å². The average molecular weight is 286 g/mol. The summed E-state index contributed by atoms with van der Waals surface area (Å²) in [7, 11) is 3.10. The summed E-state index contributed by atoms with van der Waals surface area (Å²) < 4.78 is 5.38. The van der Waals surface area contributed by atoms with Crippen molar-refractivity contribution in [2.24, 2.45) is 4.99 Å². The van der Waals surface area contributed by atoms with E-state index >= 15 is 0 Å². The lowest BCUT2D eigenvalue weighted by atomic mass is 10.3. The molecular weight excluding hydrogens is 272 g/mol. The number of ether oxygens (including phenoxy) is 1. The van der Waals surface area contributed by atoms with Crippen LogP contribution < -0.4 is 0 Å². The molecule has 0 saturated heterocycles. The van der Waals surface area contributed by atoms with Crippen LogP contribution in [0.1, 0.15) is 13.8 Å². The molecule has 0 bridgehead atoms. The first kappa shape index (κ1) is 14.8. The molecule has 0 atom stereocenters. The predicted octanol–water partition coefficient (Wildman–Crippen LogP) is 4.02. The molecular formula is C11H14N2O3S2. The lowest BCUT2D eigenvalue weighted by molar-refractivity contribution is -0.384. The van der Waals surface area contributed by atoms with Crippen molar-refractivity contribution in [3.63, 3.8) is 0 Å². The van der Waals surface area contributed by atoms with Crippen molar-refractivity contribution in [2.75, 3.05) is 12.4 Å². The summed E-state index contributed by atoms with van der Waals surface area (Å²) in [5.74, 6) is 0.955. The largest absolute Gasteiger partial charge is 0.473 e. The molecule has 5 nitrogen and oxygen atoms in total. The van der Waals surface area contributed by atoms with E-state index in [-0.39, 0.29) is 5.69 Å². The molecule has 0 aliphatic carbocycles. The van der Waals surface area contributed by atoms with Crippen LogP contribution in [0.3, 0.4) is 0 Å². The average Bonchev–Trinajstić information content (AvgIpc) is 2.37. The molecule has 1 rings (SSSR count). The van der Waals surface area contributed by atoms with Crippen LogP contribution in [0.5, 0.6) is 0 Å². The second kappa shape index (κ2) is 7.99. The van der Waals surface area contributed by atoms with E-state index in [0.717, 1.165) is 5.75 Å². The number of nitrogens with zero attached hydrogens (tertiary/aromatic N) is 2. The third-order valence-electron chi connectivity index (χ3n) is 1.80. The molecule has 7 heteroatoms. The van der Waals surface area contributed by atoms with Crippen molar-refractivity contribution in [3.05, 3.63) is 34.4 Å². The number of hydrogen-bond donors (Lipinski definition) is 0. The Morgan fingerprint density at radius 1 is 1.39 bits per heavy atom. The third kappa shape index (κ3) is 4.97. The molecule has 1 aromatic carbocycles. The van der Waals surface area contributed by atoms with E-state index in [9.17, 15) is 10.1 Å². The van der Waals surface area contributed by atoms with Gasteiger partial charge in [0.25, 0.3) is 10.9 Å². The molecule has 1 aromatic rings. The number of benzene rings is 1. The molecule has 0 N–H and O–H groups in total. The summed E-state index contributed by atoms with van der Waals surface area (Å²) in [6.45, 7) is 4.48. The Morgan fingerprint density at radius 2 is 2.06 bits per heavy atom.